The van der Waals surface area contributed by atoms with E-state index in [9.17, 15) is 0 Å². The molecule has 1 saturated carbocycles. The lowest BCUT2D eigenvalue weighted by Crippen LogP contribution is -2.39. The van der Waals surface area contributed by atoms with Crippen LogP contribution in [0.25, 0.3) is 0 Å². The fourth-order valence-corrected chi connectivity index (χ4v) is 3.41. The van der Waals surface area contributed by atoms with Gasteiger partial charge in [-0.15, -0.1) is 0 Å². The number of aryl methyl sites for hydroxylation is 1. The number of rotatable bonds is 7. The molecule has 0 bridgehead atoms. The molecule has 2 nitrogen and oxygen atoms in total. The van der Waals surface area contributed by atoms with E-state index in [1.807, 2.05) is 0 Å². The highest BCUT2D eigenvalue weighted by Gasteiger charge is 2.30. The van der Waals surface area contributed by atoms with Crippen LogP contribution in [0.3, 0.4) is 0 Å². The third kappa shape index (κ3) is 4.32. The molecule has 1 aliphatic carbocycles. The first-order valence-electron chi connectivity index (χ1n) is 8.40. The van der Waals surface area contributed by atoms with Gasteiger partial charge in [-0.1, -0.05) is 30.3 Å². The molecule has 1 aromatic rings. The number of nitrogens with one attached hydrogen (secondary N) is 1. The third-order valence-electron chi connectivity index (χ3n) is 4.71. The number of hydrogen-bond donors (Lipinski definition) is 1. The minimum atomic E-state index is 0.890. The summed E-state index contributed by atoms with van der Waals surface area (Å²) in [5, 5.41) is 3.55. The molecular weight excluding hydrogens is 244 g/mol. The second-order valence-electron chi connectivity index (χ2n) is 6.53. The average molecular weight is 272 g/mol. The minimum absolute atomic E-state index is 0.890. The van der Waals surface area contributed by atoms with Gasteiger partial charge >= 0.3 is 0 Å². The Kier molecular flexibility index (Phi) is 5.10. The highest BCUT2D eigenvalue weighted by molar-refractivity contribution is 5.14. The van der Waals surface area contributed by atoms with Crippen molar-refractivity contribution in [2.45, 2.75) is 44.6 Å². The Labute approximate surface area is 123 Å². The zero-order valence-corrected chi connectivity index (χ0v) is 12.6. The van der Waals surface area contributed by atoms with Crippen molar-refractivity contribution in [1.29, 1.82) is 0 Å². The van der Waals surface area contributed by atoms with Gasteiger partial charge in [0.2, 0.25) is 0 Å². The molecule has 110 valence electrons. The molecular formula is C18H28N2. The van der Waals surface area contributed by atoms with Crippen LogP contribution < -0.4 is 5.32 Å². The molecule has 1 heterocycles. The number of benzene rings is 1. The molecule has 0 spiro atoms. The van der Waals surface area contributed by atoms with Crippen molar-refractivity contribution in [2.75, 3.05) is 26.2 Å². The first kappa shape index (κ1) is 14.1. The number of hydrogen-bond acceptors (Lipinski definition) is 2. The van der Waals surface area contributed by atoms with Gasteiger partial charge in [0.15, 0.2) is 0 Å². The zero-order valence-electron chi connectivity index (χ0n) is 12.6. The average Bonchev–Trinajstić information content (AvgIpc) is 3.33. The summed E-state index contributed by atoms with van der Waals surface area (Å²) in [5.41, 5.74) is 1.49. The Balaban J connectivity index is 1.42. The van der Waals surface area contributed by atoms with Crippen LogP contribution in [0.2, 0.25) is 0 Å². The predicted molar refractivity (Wildman–Crippen MR) is 85.0 cm³/mol. The van der Waals surface area contributed by atoms with Crippen molar-refractivity contribution in [3.8, 4) is 0 Å². The van der Waals surface area contributed by atoms with Gasteiger partial charge in [-0.3, -0.25) is 0 Å². The maximum Gasteiger partial charge on any atom is 0.00965 e. The van der Waals surface area contributed by atoms with E-state index >= 15 is 0 Å². The van der Waals surface area contributed by atoms with Gasteiger partial charge in [0.1, 0.15) is 0 Å². The molecule has 3 rings (SSSR count). The van der Waals surface area contributed by atoms with Crippen LogP contribution in [-0.2, 0) is 6.42 Å². The van der Waals surface area contributed by atoms with Crippen molar-refractivity contribution in [1.82, 2.24) is 10.2 Å². The van der Waals surface area contributed by atoms with Crippen molar-refractivity contribution in [3.63, 3.8) is 0 Å². The summed E-state index contributed by atoms with van der Waals surface area (Å²) in [6.07, 6.45) is 8.20. The van der Waals surface area contributed by atoms with E-state index in [-0.39, 0.29) is 0 Å². The monoisotopic (exact) mass is 272 g/mol. The Bertz CT molecular complexity index is 380. The second kappa shape index (κ2) is 7.24. The Morgan fingerprint density at radius 2 is 1.95 bits per heavy atom. The lowest BCUT2D eigenvalue weighted by molar-refractivity contribution is 0.198. The summed E-state index contributed by atoms with van der Waals surface area (Å²) >= 11 is 0. The zero-order chi connectivity index (χ0) is 13.6. The smallest absolute Gasteiger partial charge is 0.00965 e. The highest BCUT2D eigenvalue weighted by atomic mass is 15.2. The summed E-state index contributed by atoms with van der Waals surface area (Å²) in [5.74, 6) is 0.890. The molecule has 1 aromatic carbocycles. The largest absolute Gasteiger partial charge is 0.316 e. The van der Waals surface area contributed by atoms with Crippen molar-refractivity contribution in [3.05, 3.63) is 35.9 Å². The van der Waals surface area contributed by atoms with Crippen LogP contribution in [0.15, 0.2) is 30.3 Å². The Hall–Kier alpha value is -0.860. The van der Waals surface area contributed by atoms with Gasteiger partial charge in [0.25, 0.3) is 0 Å². The SMILES string of the molecule is c1ccc(CCCN(CC2CCCNC2)C2CC2)cc1. The Morgan fingerprint density at radius 1 is 1.10 bits per heavy atom. The maximum absolute atomic E-state index is 3.55. The first-order valence-corrected chi connectivity index (χ1v) is 8.40. The van der Waals surface area contributed by atoms with Crippen LogP contribution >= 0.6 is 0 Å². The lowest BCUT2D eigenvalue weighted by atomic mass is 9.98. The predicted octanol–water partition coefficient (Wildman–Crippen LogP) is 3.08. The van der Waals surface area contributed by atoms with E-state index in [1.165, 1.54) is 70.3 Å². The van der Waals surface area contributed by atoms with E-state index in [4.69, 9.17) is 0 Å². The van der Waals surface area contributed by atoms with Crippen LogP contribution in [0.1, 0.15) is 37.7 Å². The van der Waals surface area contributed by atoms with Gasteiger partial charge < -0.3 is 10.2 Å². The van der Waals surface area contributed by atoms with E-state index in [0.717, 1.165) is 12.0 Å². The molecule has 20 heavy (non-hydrogen) atoms. The maximum atomic E-state index is 3.55. The van der Waals surface area contributed by atoms with Gasteiger partial charge in [-0.25, -0.2) is 0 Å². The van der Waals surface area contributed by atoms with E-state index in [2.05, 4.69) is 40.5 Å². The fraction of sp³-hybridized carbons (Fsp3) is 0.667. The van der Waals surface area contributed by atoms with Crippen molar-refractivity contribution < 1.29 is 0 Å². The summed E-state index contributed by atoms with van der Waals surface area (Å²) in [4.78, 5) is 2.78. The molecule has 1 aliphatic heterocycles. The van der Waals surface area contributed by atoms with Gasteiger partial charge in [-0.2, -0.15) is 0 Å². The minimum Gasteiger partial charge on any atom is -0.316 e. The first-order chi connectivity index (χ1) is 9.92. The normalized spacial score (nSPS) is 23.1. The fourth-order valence-electron chi connectivity index (χ4n) is 3.41. The molecule has 0 aromatic heterocycles. The van der Waals surface area contributed by atoms with Gasteiger partial charge in [0, 0.05) is 12.6 Å². The summed E-state index contributed by atoms with van der Waals surface area (Å²) in [6, 6.07) is 11.8. The highest BCUT2D eigenvalue weighted by Crippen LogP contribution is 2.28. The van der Waals surface area contributed by atoms with Crippen molar-refractivity contribution in [2.24, 2.45) is 5.92 Å². The van der Waals surface area contributed by atoms with Crippen LogP contribution in [0.4, 0.5) is 0 Å². The quantitative estimate of drug-likeness (QED) is 0.820. The molecule has 2 heteroatoms. The van der Waals surface area contributed by atoms with Crippen molar-refractivity contribution >= 4 is 0 Å². The second-order valence-corrected chi connectivity index (χ2v) is 6.53. The molecule has 2 aliphatic rings. The molecule has 0 amide bonds. The molecule has 0 radical (unpaired) electrons. The standard InChI is InChI=1S/C18H28N2/c1-2-6-16(7-3-1)9-5-13-20(18-10-11-18)15-17-8-4-12-19-14-17/h1-3,6-7,17-19H,4-5,8-15H2. The van der Waals surface area contributed by atoms with E-state index in [1.54, 1.807) is 0 Å². The molecule has 1 unspecified atom stereocenters. The molecule has 2 fully saturated rings. The van der Waals surface area contributed by atoms with E-state index < -0.39 is 0 Å². The molecule has 1 atom stereocenters. The molecule has 1 N–H and O–H groups in total. The number of nitrogens with zero attached hydrogens (tertiary/aromatic N) is 1. The van der Waals surface area contributed by atoms with Gasteiger partial charge in [-0.05, 0) is 69.6 Å². The topological polar surface area (TPSA) is 15.3 Å². The summed E-state index contributed by atoms with van der Waals surface area (Å²) < 4.78 is 0. The molecule has 1 saturated heterocycles. The van der Waals surface area contributed by atoms with Gasteiger partial charge in [0.05, 0.1) is 0 Å². The lowest BCUT2D eigenvalue weighted by Gasteiger charge is -2.30. The summed E-state index contributed by atoms with van der Waals surface area (Å²) in [6.45, 7) is 5.08. The van der Waals surface area contributed by atoms with Crippen LogP contribution in [-0.4, -0.2) is 37.1 Å². The third-order valence-corrected chi connectivity index (χ3v) is 4.71. The van der Waals surface area contributed by atoms with Crippen LogP contribution in [0, 0.1) is 5.92 Å². The summed E-state index contributed by atoms with van der Waals surface area (Å²) in [7, 11) is 0. The number of piperidine rings is 1. The Morgan fingerprint density at radius 3 is 2.65 bits per heavy atom. The van der Waals surface area contributed by atoms with Crippen LogP contribution in [0.5, 0.6) is 0 Å². The van der Waals surface area contributed by atoms with E-state index in [0.29, 0.717) is 0 Å².